The first-order chi connectivity index (χ1) is 15.5. The van der Waals surface area contributed by atoms with Crippen molar-refractivity contribution < 1.29 is 19.1 Å². The summed E-state index contributed by atoms with van der Waals surface area (Å²) in [6, 6.07) is 12.8. The average Bonchev–Trinajstić information content (AvgIpc) is 3.11. The van der Waals surface area contributed by atoms with Crippen molar-refractivity contribution in [2.75, 3.05) is 13.2 Å². The Balaban J connectivity index is 1.85. The molecule has 33 heavy (non-hydrogen) atoms. The summed E-state index contributed by atoms with van der Waals surface area (Å²) in [7, 11) is 0. The Hall–Kier alpha value is -3.16. The zero-order valence-electron chi connectivity index (χ0n) is 19.0. The van der Waals surface area contributed by atoms with E-state index in [-0.39, 0.29) is 5.56 Å². The molecule has 3 aromatic rings. The van der Waals surface area contributed by atoms with Crippen LogP contribution >= 0.6 is 11.6 Å². The molecular weight excluding hydrogens is 442 g/mol. The molecule has 0 amide bonds. The van der Waals surface area contributed by atoms with Gasteiger partial charge in [-0.25, -0.2) is 4.79 Å². The first kappa shape index (κ1) is 23.0. The number of hydrogen-bond acceptors (Lipinski definition) is 6. The highest BCUT2D eigenvalue weighted by atomic mass is 35.5. The number of nitrogens with zero attached hydrogens (tertiary/aromatic N) is 1. The normalized spacial score (nSPS) is 18.8. The third-order valence-electron chi connectivity index (χ3n) is 5.56. The highest BCUT2D eigenvalue weighted by molar-refractivity contribution is 6.31. The number of aliphatic imine (C=N–C) groups is 1. The highest BCUT2D eigenvalue weighted by Crippen LogP contribution is 2.36. The Morgan fingerprint density at radius 2 is 1.97 bits per heavy atom. The van der Waals surface area contributed by atoms with Gasteiger partial charge >= 0.3 is 11.9 Å². The van der Waals surface area contributed by atoms with Crippen molar-refractivity contribution in [2.45, 2.75) is 33.2 Å². The Bertz CT molecular complexity index is 1290. The van der Waals surface area contributed by atoms with Gasteiger partial charge in [-0.2, -0.15) is 0 Å². The highest BCUT2D eigenvalue weighted by Gasteiger charge is 2.32. The van der Waals surface area contributed by atoms with Gasteiger partial charge in [-0.3, -0.25) is 9.79 Å². The van der Waals surface area contributed by atoms with Crippen LogP contribution in [-0.4, -0.2) is 36.0 Å². The van der Waals surface area contributed by atoms with E-state index in [1.54, 1.807) is 39.0 Å². The monoisotopic (exact) mass is 467 g/mol. The number of halogens is 1. The topological polar surface area (TPSA) is 107 Å². The van der Waals surface area contributed by atoms with E-state index in [2.05, 4.69) is 9.98 Å². The quantitative estimate of drug-likeness (QED) is 0.424. The minimum atomic E-state index is -0.821. The Kier molecular flexibility index (Phi) is 5.80. The van der Waals surface area contributed by atoms with Gasteiger partial charge in [0.05, 0.1) is 23.3 Å². The zero-order valence-corrected chi connectivity index (χ0v) is 19.7. The maximum absolute atomic E-state index is 13.2. The lowest BCUT2D eigenvalue weighted by Crippen LogP contribution is -2.37. The number of amidine groups is 1. The van der Waals surface area contributed by atoms with Gasteiger partial charge in [0.2, 0.25) is 0 Å². The molecule has 8 heteroatoms. The number of benzene rings is 2. The third kappa shape index (κ3) is 4.51. The smallest absolute Gasteiger partial charge is 0.348 e. The van der Waals surface area contributed by atoms with Crippen LogP contribution in [-0.2, 0) is 19.8 Å². The first-order valence-electron chi connectivity index (χ1n) is 10.6. The van der Waals surface area contributed by atoms with E-state index < -0.39 is 22.9 Å². The van der Waals surface area contributed by atoms with E-state index in [9.17, 15) is 9.59 Å². The fourth-order valence-electron chi connectivity index (χ4n) is 3.78. The Labute approximate surface area is 196 Å². The van der Waals surface area contributed by atoms with Gasteiger partial charge in [0, 0.05) is 15.9 Å². The Morgan fingerprint density at radius 1 is 1.21 bits per heavy atom. The molecule has 0 fully saturated rings. The number of esters is 2. The lowest BCUT2D eigenvalue weighted by Gasteiger charge is -2.30. The van der Waals surface area contributed by atoms with E-state index in [1.165, 1.54) is 0 Å². The number of hydrogen-bond donors (Lipinski definition) is 2. The van der Waals surface area contributed by atoms with E-state index in [0.29, 0.717) is 40.7 Å². The van der Waals surface area contributed by atoms with Crippen LogP contribution in [0.15, 0.2) is 47.5 Å². The molecule has 2 heterocycles. The van der Waals surface area contributed by atoms with Crippen LogP contribution in [0, 0.1) is 5.41 Å². The molecule has 1 aliphatic rings. The fraction of sp³-hybridized carbons (Fsp3) is 0.320. The summed E-state index contributed by atoms with van der Waals surface area (Å²) in [5, 5.41) is 1.13. The van der Waals surface area contributed by atoms with Crippen molar-refractivity contribution in [3.05, 3.63) is 58.6 Å². The summed E-state index contributed by atoms with van der Waals surface area (Å²) in [6.07, 6.45) is 0. The maximum atomic E-state index is 13.2. The molecule has 0 bridgehead atoms. The summed E-state index contributed by atoms with van der Waals surface area (Å²) in [4.78, 5) is 33.5. The van der Waals surface area contributed by atoms with Crippen LogP contribution in [0.5, 0.6) is 0 Å². The summed E-state index contributed by atoms with van der Waals surface area (Å²) < 4.78 is 10.9. The largest absolute Gasteiger partial charge is 0.389 e. The summed E-state index contributed by atoms with van der Waals surface area (Å²) in [6.45, 7) is 7.72. The van der Waals surface area contributed by atoms with E-state index in [4.69, 9.17) is 26.8 Å². The van der Waals surface area contributed by atoms with Crippen molar-refractivity contribution in [1.82, 2.24) is 4.98 Å². The predicted octanol–water partition coefficient (Wildman–Crippen LogP) is 4.82. The van der Waals surface area contributed by atoms with E-state index >= 15 is 0 Å². The summed E-state index contributed by atoms with van der Waals surface area (Å²) >= 11 is 6.18. The van der Waals surface area contributed by atoms with Crippen LogP contribution in [0.2, 0.25) is 5.02 Å². The molecular formula is C25H26ClN3O4. The summed E-state index contributed by atoms with van der Waals surface area (Å²) in [5.74, 6) is -0.898. The van der Waals surface area contributed by atoms with Crippen LogP contribution in [0.1, 0.15) is 43.6 Å². The number of nitrogens with one attached hydrogen (secondary N) is 1. The molecule has 1 aliphatic heterocycles. The zero-order chi connectivity index (χ0) is 24.0. The second-order valence-corrected chi connectivity index (χ2v) is 9.88. The van der Waals surface area contributed by atoms with Crippen molar-refractivity contribution in [3.63, 3.8) is 0 Å². The van der Waals surface area contributed by atoms with Crippen LogP contribution in [0.3, 0.4) is 0 Å². The first-order valence-corrected chi connectivity index (χ1v) is 11.0. The van der Waals surface area contributed by atoms with Gasteiger partial charge in [0.25, 0.3) is 0 Å². The number of aromatic amines is 1. The number of carbonyl (C=O) groups is 2. The molecule has 172 valence electrons. The Morgan fingerprint density at radius 3 is 2.67 bits per heavy atom. The number of ether oxygens (including phenoxy) is 2. The van der Waals surface area contributed by atoms with E-state index in [1.807, 2.05) is 31.2 Å². The number of H-pyrrole nitrogens is 1. The molecule has 2 aromatic carbocycles. The van der Waals surface area contributed by atoms with Crippen molar-refractivity contribution in [1.29, 1.82) is 0 Å². The lowest BCUT2D eigenvalue weighted by molar-refractivity contribution is -0.146. The number of rotatable bonds is 3. The molecule has 1 atom stereocenters. The number of carbonyl (C=O) groups excluding carboxylic acids is 2. The second-order valence-electron chi connectivity index (χ2n) is 9.44. The molecule has 0 radical (unpaired) electrons. The minimum absolute atomic E-state index is 0.268. The van der Waals surface area contributed by atoms with Crippen LogP contribution < -0.4 is 5.73 Å². The van der Waals surface area contributed by atoms with Crippen molar-refractivity contribution >= 4 is 40.3 Å². The molecule has 0 aliphatic carbocycles. The van der Waals surface area contributed by atoms with Crippen molar-refractivity contribution in [2.24, 2.45) is 16.1 Å². The van der Waals surface area contributed by atoms with Gasteiger partial charge in [-0.1, -0.05) is 35.9 Å². The van der Waals surface area contributed by atoms with Gasteiger partial charge in [0.1, 0.15) is 18.0 Å². The van der Waals surface area contributed by atoms with Gasteiger partial charge in [0.15, 0.2) is 0 Å². The lowest BCUT2D eigenvalue weighted by atomic mass is 9.90. The predicted molar refractivity (Wildman–Crippen MR) is 128 cm³/mol. The second kappa shape index (κ2) is 8.32. The molecule has 0 saturated heterocycles. The van der Waals surface area contributed by atoms with Crippen molar-refractivity contribution in [3.8, 4) is 11.3 Å². The summed E-state index contributed by atoms with van der Waals surface area (Å²) in [5.41, 5.74) is 7.51. The number of nitrogens with two attached hydrogens (primary N) is 1. The molecule has 3 N–H and O–H groups in total. The average molecular weight is 468 g/mol. The molecule has 7 nitrogen and oxygen atoms in total. The van der Waals surface area contributed by atoms with Gasteiger partial charge in [-0.15, -0.1) is 0 Å². The maximum Gasteiger partial charge on any atom is 0.348 e. The number of aromatic nitrogens is 1. The molecule has 4 rings (SSSR count). The molecule has 1 aromatic heterocycles. The molecule has 1 unspecified atom stereocenters. The van der Waals surface area contributed by atoms with E-state index in [0.717, 1.165) is 11.1 Å². The standard InChI is InChI=1S/C25H26ClN3O4/c1-24(2,3)23(31)33-22(30)20-17-9-8-16(26)11-18(17)28-21(20)14-6-5-7-15(10-14)25(4)13-32-12-19(27)29-25/h5-11,28H,12-13H2,1-4H3,(H2,27,29). The van der Waals surface area contributed by atoms with Gasteiger partial charge < -0.3 is 20.2 Å². The van der Waals surface area contributed by atoms with Gasteiger partial charge in [-0.05, 0) is 57.0 Å². The minimum Gasteiger partial charge on any atom is -0.389 e. The fourth-order valence-corrected chi connectivity index (χ4v) is 3.95. The molecule has 0 spiro atoms. The van der Waals surface area contributed by atoms with Crippen LogP contribution in [0.4, 0.5) is 0 Å². The number of fused-ring (bicyclic) bond motifs is 1. The SMILES string of the molecule is CC(C)(C)C(=O)OC(=O)c1c(-c2cccc(C3(C)COCC(N)=N3)c2)[nH]c2cc(Cl)ccc12. The third-order valence-corrected chi connectivity index (χ3v) is 5.79. The van der Waals surface area contributed by atoms with Crippen LogP contribution in [0.25, 0.3) is 22.2 Å². The molecule has 0 saturated carbocycles.